The summed E-state index contributed by atoms with van der Waals surface area (Å²) < 4.78 is 0. The standard InChI is InChI=1S/C15H25N/c1-11(2)14-9-7-8-10-16(13(5)6)15(14)12(3)4/h7-13H,1-6H3. The molecular weight excluding hydrogens is 194 g/mol. The highest BCUT2D eigenvalue weighted by Gasteiger charge is 2.20. The molecule has 1 aliphatic heterocycles. The lowest BCUT2D eigenvalue weighted by atomic mass is 9.94. The molecule has 0 spiro atoms. The Morgan fingerprint density at radius 1 is 0.875 bits per heavy atom. The normalized spacial score (nSPS) is 16.9. The van der Waals surface area contributed by atoms with Crippen LogP contribution in [0, 0.1) is 11.8 Å². The van der Waals surface area contributed by atoms with E-state index in [-0.39, 0.29) is 0 Å². The molecule has 0 aromatic heterocycles. The highest BCUT2D eigenvalue weighted by atomic mass is 15.1. The van der Waals surface area contributed by atoms with Crippen LogP contribution in [-0.4, -0.2) is 10.9 Å². The van der Waals surface area contributed by atoms with Crippen LogP contribution in [0.1, 0.15) is 41.5 Å². The second kappa shape index (κ2) is 5.38. The van der Waals surface area contributed by atoms with Gasteiger partial charge in [0, 0.05) is 17.9 Å². The highest BCUT2D eigenvalue weighted by molar-refractivity contribution is 5.33. The van der Waals surface area contributed by atoms with Crippen LogP contribution in [0.3, 0.4) is 0 Å². The minimum Gasteiger partial charge on any atom is -0.348 e. The van der Waals surface area contributed by atoms with E-state index in [0.29, 0.717) is 17.9 Å². The molecular formula is C15H25N. The maximum Gasteiger partial charge on any atom is 0.0277 e. The fourth-order valence-corrected chi connectivity index (χ4v) is 2.19. The summed E-state index contributed by atoms with van der Waals surface area (Å²) in [6.45, 7) is 13.6. The molecule has 0 aromatic rings. The van der Waals surface area contributed by atoms with Gasteiger partial charge < -0.3 is 4.90 Å². The van der Waals surface area contributed by atoms with Crippen LogP contribution < -0.4 is 0 Å². The van der Waals surface area contributed by atoms with Gasteiger partial charge in [-0.3, -0.25) is 0 Å². The number of hydrogen-bond donors (Lipinski definition) is 0. The Balaban J connectivity index is 3.25. The van der Waals surface area contributed by atoms with E-state index in [9.17, 15) is 0 Å². The van der Waals surface area contributed by atoms with E-state index in [2.05, 4.69) is 70.9 Å². The van der Waals surface area contributed by atoms with Gasteiger partial charge in [0.15, 0.2) is 0 Å². The molecule has 0 radical (unpaired) electrons. The maximum absolute atomic E-state index is 2.40. The van der Waals surface area contributed by atoms with E-state index < -0.39 is 0 Å². The summed E-state index contributed by atoms with van der Waals surface area (Å²) in [6, 6.07) is 0.516. The van der Waals surface area contributed by atoms with Gasteiger partial charge in [-0.25, -0.2) is 0 Å². The molecule has 1 rings (SSSR count). The van der Waals surface area contributed by atoms with Crippen molar-refractivity contribution in [3.63, 3.8) is 0 Å². The Bertz CT molecular complexity index is 316. The lowest BCUT2D eigenvalue weighted by Crippen LogP contribution is -2.28. The molecule has 0 N–H and O–H groups in total. The van der Waals surface area contributed by atoms with E-state index in [1.54, 1.807) is 0 Å². The lowest BCUT2D eigenvalue weighted by Gasteiger charge is -2.32. The van der Waals surface area contributed by atoms with E-state index in [1.807, 2.05) is 0 Å². The van der Waals surface area contributed by atoms with Crippen LogP contribution in [0.25, 0.3) is 0 Å². The van der Waals surface area contributed by atoms with Gasteiger partial charge in [-0.1, -0.05) is 39.8 Å². The molecule has 0 aliphatic carbocycles. The fourth-order valence-electron chi connectivity index (χ4n) is 2.19. The molecule has 0 aromatic carbocycles. The Hall–Kier alpha value is -0.980. The lowest BCUT2D eigenvalue weighted by molar-refractivity contribution is 0.342. The van der Waals surface area contributed by atoms with Gasteiger partial charge in [-0.2, -0.15) is 0 Å². The van der Waals surface area contributed by atoms with Gasteiger partial charge in [0.25, 0.3) is 0 Å². The van der Waals surface area contributed by atoms with Gasteiger partial charge >= 0.3 is 0 Å². The Labute approximate surface area is 101 Å². The monoisotopic (exact) mass is 219 g/mol. The molecule has 0 saturated carbocycles. The predicted molar refractivity (Wildman–Crippen MR) is 72.0 cm³/mol. The van der Waals surface area contributed by atoms with Crippen molar-refractivity contribution in [2.24, 2.45) is 11.8 Å². The Morgan fingerprint density at radius 2 is 1.50 bits per heavy atom. The molecule has 16 heavy (non-hydrogen) atoms. The van der Waals surface area contributed by atoms with Crippen molar-refractivity contribution in [1.29, 1.82) is 0 Å². The quantitative estimate of drug-likeness (QED) is 0.682. The number of nitrogens with zero attached hydrogens (tertiary/aromatic N) is 1. The molecule has 0 fully saturated rings. The van der Waals surface area contributed by atoms with Crippen LogP contribution in [0.4, 0.5) is 0 Å². The molecule has 0 atom stereocenters. The third-order valence-electron chi connectivity index (χ3n) is 2.93. The van der Waals surface area contributed by atoms with Gasteiger partial charge in [-0.05, 0) is 37.3 Å². The van der Waals surface area contributed by atoms with Crippen molar-refractivity contribution >= 4 is 0 Å². The second-order valence-electron chi connectivity index (χ2n) is 5.35. The Kier molecular flexibility index (Phi) is 4.40. The van der Waals surface area contributed by atoms with E-state index in [0.717, 1.165) is 0 Å². The molecule has 1 heterocycles. The van der Waals surface area contributed by atoms with Gasteiger partial charge in [0.1, 0.15) is 0 Å². The van der Waals surface area contributed by atoms with Gasteiger partial charge in [-0.15, -0.1) is 0 Å². The summed E-state index contributed by atoms with van der Waals surface area (Å²) in [5.41, 5.74) is 2.93. The average Bonchev–Trinajstić information content (AvgIpc) is 2.38. The average molecular weight is 219 g/mol. The highest BCUT2D eigenvalue weighted by Crippen LogP contribution is 2.29. The van der Waals surface area contributed by atoms with Crippen molar-refractivity contribution in [3.8, 4) is 0 Å². The number of allylic oxidation sites excluding steroid dienone is 5. The van der Waals surface area contributed by atoms with Crippen LogP contribution in [-0.2, 0) is 0 Å². The third kappa shape index (κ3) is 2.78. The molecule has 1 nitrogen and oxygen atoms in total. The zero-order chi connectivity index (χ0) is 12.3. The fraction of sp³-hybridized carbons (Fsp3) is 0.600. The van der Waals surface area contributed by atoms with Crippen LogP contribution in [0.5, 0.6) is 0 Å². The molecule has 90 valence electrons. The molecule has 0 unspecified atom stereocenters. The van der Waals surface area contributed by atoms with E-state index >= 15 is 0 Å². The van der Waals surface area contributed by atoms with Crippen molar-refractivity contribution in [1.82, 2.24) is 4.90 Å². The maximum atomic E-state index is 2.40. The topological polar surface area (TPSA) is 3.24 Å². The van der Waals surface area contributed by atoms with Crippen LogP contribution in [0.15, 0.2) is 35.7 Å². The summed E-state index contributed by atoms with van der Waals surface area (Å²) in [4.78, 5) is 2.40. The van der Waals surface area contributed by atoms with Crippen molar-refractivity contribution in [3.05, 3.63) is 35.7 Å². The van der Waals surface area contributed by atoms with Crippen LogP contribution >= 0.6 is 0 Å². The zero-order valence-corrected chi connectivity index (χ0v) is 11.5. The van der Waals surface area contributed by atoms with Gasteiger partial charge in [0.05, 0.1) is 0 Å². The second-order valence-corrected chi connectivity index (χ2v) is 5.35. The molecule has 0 bridgehead atoms. The first-order valence-electron chi connectivity index (χ1n) is 6.32. The first-order chi connectivity index (χ1) is 7.45. The largest absolute Gasteiger partial charge is 0.348 e. The van der Waals surface area contributed by atoms with Crippen LogP contribution in [0.2, 0.25) is 0 Å². The third-order valence-corrected chi connectivity index (χ3v) is 2.93. The smallest absolute Gasteiger partial charge is 0.0277 e. The summed E-state index contributed by atoms with van der Waals surface area (Å²) in [6.07, 6.45) is 8.75. The number of hydrogen-bond acceptors (Lipinski definition) is 1. The Morgan fingerprint density at radius 3 is 1.94 bits per heavy atom. The number of rotatable bonds is 3. The summed E-state index contributed by atoms with van der Waals surface area (Å²) >= 11 is 0. The molecule has 1 heteroatoms. The summed E-state index contributed by atoms with van der Waals surface area (Å²) in [5.74, 6) is 1.14. The first-order valence-corrected chi connectivity index (χ1v) is 6.32. The van der Waals surface area contributed by atoms with Crippen molar-refractivity contribution < 1.29 is 0 Å². The van der Waals surface area contributed by atoms with E-state index in [4.69, 9.17) is 0 Å². The molecule has 1 aliphatic rings. The van der Waals surface area contributed by atoms with Gasteiger partial charge in [0.2, 0.25) is 0 Å². The molecule has 0 amide bonds. The molecule has 0 saturated heterocycles. The minimum absolute atomic E-state index is 0.516. The van der Waals surface area contributed by atoms with E-state index in [1.165, 1.54) is 11.3 Å². The zero-order valence-electron chi connectivity index (χ0n) is 11.5. The summed E-state index contributed by atoms with van der Waals surface area (Å²) in [7, 11) is 0. The first kappa shape index (κ1) is 13.1. The minimum atomic E-state index is 0.516. The SMILES string of the molecule is CC(C)C1=C(C(C)C)N(C(C)C)C=CC=C1. The summed E-state index contributed by atoms with van der Waals surface area (Å²) in [5, 5.41) is 0. The van der Waals surface area contributed by atoms with Crippen molar-refractivity contribution in [2.75, 3.05) is 0 Å². The predicted octanol–water partition coefficient (Wildman–Crippen LogP) is 4.35. The van der Waals surface area contributed by atoms with Crippen molar-refractivity contribution in [2.45, 2.75) is 47.6 Å².